The number of Topliss-reactive ketones (excluding diaryl/α,β-unsaturated/α-hetero) is 1. The van der Waals surface area contributed by atoms with Gasteiger partial charge in [0.05, 0.1) is 6.61 Å². The highest BCUT2D eigenvalue weighted by atomic mass is 16.4. The van der Waals surface area contributed by atoms with Crippen molar-refractivity contribution in [3.05, 3.63) is 0 Å². The number of rotatable bonds is 6. The first-order valence-corrected chi connectivity index (χ1v) is 4.39. The van der Waals surface area contributed by atoms with Gasteiger partial charge >= 0.3 is 5.97 Å². The zero-order valence-corrected chi connectivity index (χ0v) is 8.70. The van der Waals surface area contributed by atoms with Crippen molar-refractivity contribution < 1.29 is 19.8 Å². The van der Waals surface area contributed by atoms with E-state index in [-0.39, 0.29) is 12.2 Å². The van der Waals surface area contributed by atoms with Gasteiger partial charge in [-0.05, 0) is 20.8 Å². The summed E-state index contributed by atoms with van der Waals surface area (Å²) in [7, 11) is 0. The fourth-order valence-electron chi connectivity index (χ4n) is 1.33. The van der Waals surface area contributed by atoms with Gasteiger partial charge in [0.1, 0.15) is 11.8 Å². The summed E-state index contributed by atoms with van der Waals surface area (Å²) in [6, 6.07) is -1.02. The summed E-state index contributed by atoms with van der Waals surface area (Å²) < 4.78 is 0. The lowest BCUT2D eigenvalue weighted by Crippen LogP contribution is -2.52. The van der Waals surface area contributed by atoms with E-state index in [1.54, 1.807) is 13.8 Å². The zero-order valence-electron chi connectivity index (χ0n) is 8.70. The molecule has 0 rings (SSSR count). The molecule has 0 fully saturated rings. The summed E-state index contributed by atoms with van der Waals surface area (Å²) in [5.41, 5.74) is -0.613. The zero-order chi connectivity index (χ0) is 11.4. The molecule has 0 aromatic rings. The van der Waals surface area contributed by atoms with Crippen LogP contribution in [0.1, 0.15) is 27.2 Å². The summed E-state index contributed by atoms with van der Waals surface area (Å²) in [5.74, 6) is -1.14. The number of carbonyl (C=O) groups excluding carboxylic acids is 1. The number of hydrogen-bond donors (Lipinski definition) is 3. The smallest absolute Gasteiger partial charge is 0.323 e. The van der Waals surface area contributed by atoms with Crippen LogP contribution in [-0.2, 0) is 9.59 Å². The number of nitrogens with one attached hydrogen (secondary N) is 1. The second-order valence-electron chi connectivity index (χ2n) is 3.98. The highest BCUT2D eigenvalue weighted by Gasteiger charge is 2.26. The molecule has 82 valence electrons. The maximum atomic E-state index is 10.8. The lowest BCUT2D eigenvalue weighted by Gasteiger charge is -2.28. The van der Waals surface area contributed by atoms with E-state index in [1.807, 2.05) is 0 Å². The first-order valence-electron chi connectivity index (χ1n) is 4.39. The number of ketones is 1. The molecule has 0 aromatic carbocycles. The third-order valence-electron chi connectivity index (χ3n) is 1.74. The number of carbonyl (C=O) groups is 2. The van der Waals surface area contributed by atoms with Crippen LogP contribution in [-0.4, -0.2) is 40.2 Å². The van der Waals surface area contributed by atoms with Crippen LogP contribution in [0.2, 0.25) is 0 Å². The minimum Gasteiger partial charge on any atom is -0.480 e. The molecule has 14 heavy (non-hydrogen) atoms. The molecule has 0 spiro atoms. The molecule has 0 radical (unpaired) electrons. The maximum Gasteiger partial charge on any atom is 0.323 e. The summed E-state index contributed by atoms with van der Waals surface area (Å²) in [5, 5.41) is 20.1. The first kappa shape index (κ1) is 13.1. The third-order valence-corrected chi connectivity index (χ3v) is 1.74. The molecular weight excluding hydrogens is 186 g/mol. The molecule has 0 aliphatic carbocycles. The summed E-state index contributed by atoms with van der Waals surface area (Å²) >= 11 is 0. The van der Waals surface area contributed by atoms with E-state index < -0.39 is 24.2 Å². The van der Waals surface area contributed by atoms with Gasteiger partial charge in [-0.1, -0.05) is 0 Å². The van der Waals surface area contributed by atoms with E-state index in [0.717, 1.165) is 0 Å². The lowest BCUT2D eigenvalue weighted by atomic mass is 9.97. The molecule has 5 heteroatoms. The SMILES string of the molecule is CC(=O)CC(C)(C)N[C@@H](CO)C(=O)O. The van der Waals surface area contributed by atoms with Crippen molar-refractivity contribution in [1.29, 1.82) is 0 Å². The van der Waals surface area contributed by atoms with Gasteiger partial charge < -0.3 is 10.2 Å². The van der Waals surface area contributed by atoms with Crippen LogP contribution < -0.4 is 5.32 Å². The summed E-state index contributed by atoms with van der Waals surface area (Å²) in [4.78, 5) is 21.4. The molecule has 5 nitrogen and oxygen atoms in total. The molecule has 0 aliphatic rings. The van der Waals surface area contributed by atoms with Gasteiger partial charge in [-0.25, -0.2) is 0 Å². The molecule has 0 aromatic heterocycles. The summed E-state index contributed by atoms with van der Waals surface area (Å²) in [6.07, 6.45) is 0.233. The minimum atomic E-state index is -1.12. The van der Waals surface area contributed by atoms with Crippen molar-refractivity contribution in [2.45, 2.75) is 38.8 Å². The van der Waals surface area contributed by atoms with Crippen molar-refractivity contribution in [1.82, 2.24) is 5.32 Å². The number of hydrogen-bond acceptors (Lipinski definition) is 4. The normalized spacial score (nSPS) is 13.7. The molecular formula is C9H17NO4. The van der Waals surface area contributed by atoms with Gasteiger partial charge in [0, 0.05) is 12.0 Å². The van der Waals surface area contributed by atoms with Crippen molar-refractivity contribution in [2.75, 3.05) is 6.61 Å². The van der Waals surface area contributed by atoms with E-state index in [2.05, 4.69) is 5.32 Å². The van der Waals surface area contributed by atoms with Crippen LogP contribution in [0.25, 0.3) is 0 Å². The van der Waals surface area contributed by atoms with Gasteiger partial charge in [0.25, 0.3) is 0 Å². The van der Waals surface area contributed by atoms with Crippen LogP contribution >= 0.6 is 0 Å². The molecule has 3 N–H and O–H groups in total. The summed E-state index contributed by atoms with van der Waals surface area (Å²) in [6.45, 7) is 4.40. The fraction of sp³-hybridized carbons (Fsp3) is 0.778. The predicted molar refractivity (Wildman–Crippen MR) is 51.0 cm³/mol. The topological polar surface area (TPSA) is 86.6 Å². The second-order valence-corrected chi connectivity index (χ2v) is 3.98. The van der Waals surface area contributed by atoms with Crippen LogP contribution in [0, 0.1) is 0 Å². The Balaban J connectivity index is 4.31. The van der Waals surface area contributed by atoms with E-state index in [4.69, 9.17) is 10.2 Å². The van der Waals surface area contributed by atoms with Gasteiger partial charge in [0.15, 0.2) is 0 Å². The van der Waals surface area contributed by atoms with E-state index >= 15 is 0 Å². The largest absolute Gasteiger partial charge is 0.480 e. The van der Waals surface area contributed by atoms with Gasteiger partial charge in [-0.15, -0.1) is 0 Å². The molecule has 0 aliphatic heterocycles. The highest BCUT2D eigenvalue weighted by molar-refractivity contribution is 5.77. The number of carboxylic acids is 1. The van der Waals surface area contributed by atoms with E-state index in [0.29, 0.717) is 0 Å². The molecule has 0 saturated carbocycles. The average Bonchev–Trinajstić information content (AvgIpc) is 1.97. The van der Waals surface area contributed by atoms with E-state index in [9.17, 15) is 9.59 Å². The highest BCUT2D eigenvalue weighted by Crippen LogP contribution is 2.09. The second kappa shape index (κ2) is 5.07. The molecule has 1 atom stereocenters. The molecule has 0 saturated heterocycles. The van der Waals surface area contributed by atoms with Crippen molar-refractivity contribution in [3.63, 3.8) is 0 Å². The Bertz CT molecular complexity index is 225. The Kier molecular flexibility index (Phi) is 4.73. The van der Waals surface area contributed by atoms with E-state index in [1.165, 1.54) is 6.92 Å². The lowest BCUT2D eigenvalue weighted by molar-refractivity contribution is -0.141. The van der Waals surface area contributed by atoms with Crippen molar-refractivity contribution >= 4 is 11.8 Å². The Labute approximate surface area is 83.1 Å². The maximum absolute atomic E-state index is 10.8. The predicted octanol–water partition coefficient (Wildman–Crippen LogP) is -0.221. The number of aliphatic carboxylic acids is 1. The van der Waals surface area contributed by atoms with Crippen LogP contribution in [0.5, 0.6) is 0 Å². The van der Waals surface area contributed by atoms with Crippen LogP contribution in [0.4, 0.5) is 0 Å². The molecule has 0 amide bonds. The molecule has 0 unspecified atom stereocenters. The quantitative estimate of drug-likeness (QED) is 0.555. The Morgan fingerprint density at radius 3 is 2.21 bits per heavy atom. The molecule has 0 bridgehead atoms. The van der Waals surface area contributed by atoms with Gasteiger partial charge in [-0.2, -0.15) is 0 Å². The average molecular weight is 203 g/mol. The van der Waals surface area contributed by atoms with Gasteiger partial charge in [-0.3, -0.25) is 14.9 Å². The third kappa shape index (κ3) is 4.94. The monoisotopic (exact) mass is 203 g/mol. The standard InChI is InChI=1S/C9H17NO4/c1-6(12)4-9(2,3)10-7(5-11)8(13)14/h7,10-11H,4-5H2,1-3H3,(H,13,14)/t7-/m0/s1. The number of carboxylic acid groups (broad SMARTS) is 1. The van der Waals surface area contributed by atoms with Crippen LogP contribution in [0.3, 0.4) is 0 Å². The van der Waals surface area contributed by atoms with Crippen LogP contribution in [0.15, 0.2) is 0 Å². The molecule has 0 heterocycles. The first-order chi connectivity index (χ1) is 6.28. The Hall–Kier alpha value is -0.940. The van der Waals surface area contributed by atoms with Crippen molar-refractivity contribution in [3.8, 4) is 0 Å². The Morgan fingerprint density at radius 2 is 1.93 bits per heavy atom. The van der Waals surface area contributed by atoms with Crippen molar-refractivity contribution in [2.24, 2.45) is 0 Å². The number of aliphatic hydroxyl groups is 1. The fourth-order valence-corrected chi connectivity index (χ4v) is 1.33. The Morgan fingerprint density at radius 1 is 1.43 bits per heavy atom. The number of aliphatic hydroxyl groups excluding tert-OH is 1. The van der Waals surface area contributed by atoms with Gasteiger partial charge in [0.2, 0.25) is 0 Å². The minimum absolute atomic E-state index is 0.0235.